The number of aliphatic hydroxyl groups is 1. The van der Waals surface area contributed by atoms with Crippen LogP contribution in [-0.2, 0) is 45.2 Å². The number of carbonyl (C=O) groups excluding carboxylic acids is 4. The molecular weight excluding hydrogens is 596 g/mol. The number of aryl methyl sites for hydroxylation is 1. The van der Waals surface area contributed by atoms with Gasteiger partial charge in [0, 0.05) is 18.0 Å². The van der Waals surface area contributed by atoms with Crippen LogP contribution in [0.4, 0.5) is 4.79 Å². The van der Waals surface area contributed by atoms with Crippen molar-refractivity contribution in [2.24, 2.45) is 0 Å². The molecule has 6 atom stereocenters. The zero-order valence-corrected chi connectivity index (χ0v) is 28.1. The van der Waals surface area contributed by atoms with Gasteiger partial charge < -0.3 is 39.0 Å². The molecule has 2 N–H and O–H groups in total. The molecule has 0 unspecified atom stereocenters. The highest BCUT2D eigenvalue weighted by molar-refractivity contribution is 5.90. The number of nitrogens with one attached hydrogen (secondary N) is 1. The van der Waals surface area contributed by atoms with Crippen molar-refractivity contribution in [2.45, 2.75) is 128 Å². The van der Waals surface area contributed by atoms with Crippen LogP contribution >= 0.6 is 0 Å². The van der Waals surface area contributed by atoms with Gasteiger partial charge in [0.25, 0.3) is 5.91 Å². The first-order chi connectivity index (χ1) is 21.3. The van der Waals surface area contributed by atoms with Crippen molar-refractivity contribution in [2.75, 3.05) is 13.6 Å². The summed E-state index contributed by atoms with van der Waals surface area (Å²) in [5, 5.41) is 14.8. The number of likely N-dealkylation sites (N-methyl/N-ethyl adjacent to an activating group) is 1. The van der Waals surface area contributed by atoms with Crippen molar-refractivity contribution in [3.8, 4) is 5.75 Å². The molecule has 46 heavy (non-hydrogen) atoms. The Morgan fingerprint density at radius 2 is 1.78 bits per heavy atom. The van der Waals surface area contributed by atoms with Gasteiger partial charge in [-0.05, 0) is 99.0 Å². The monoisotopic (exact) mass is 642 g/mol. The Hall–Kier alpha value is -3.64. The molecule has 0 radical (unpaired) electrons. The Labute approximate surface area is 269 Å². The van der Waals surface area contributed by atoms with E-state index in [-0.39, 0.29) is 18.2 Å². The number of esters is 2. The lowest BCUT2D eigenvalue weighted by Gasteiger charge is -2.61. The van der Waals surface area contributed by atoms with Gasteiger partial charge in [0.15, 0.2) is 12.2 Å². The summed E-state index contributed by atoms with van der Waals surface area (Å²) in [4.78, 5) is 53.9. The van der Waals surface area contributed by atoms with E-state index in [4.69, 9.17) is 23.7 Å². The van der Waals surface area contributed by atoms with E-state index in [2.05, 4.69) is 16.3 Å². The molecule has 12 nitrogen and oxygen atoms in total. The van der Waals surface area contributed by atoms with E-state index in [0.29, 0.717) is 12.8 Å². The van der Waals surface area contributed by atoms with Gasteiger partial charge in [-0.1, -0.05) is 12.1 Å². The number of rotatable bonds is 7. The molecule has 0 saturated carbocycles. The average Bonchev–Trinajstić information content (AvgIpc) is 3.27. The number of carbonyl (C=O) groups is 4. The highest BCUT2D eigenvalue weighted by Gasteiger charge is 2.71. The van der Waals surface area contributed by atoms with Crippen molar-refractivity contribution in [1.29, 1.82) is 0 Å². The average molecular weight is 643 g/mol. The van der Waals surface area contributed by atoms with Gasteiger partial charge in [0.05, 0.1) is 17.4 Å². The van der Waals surface area contributed by atoms with Crippen LogP contribution in [-0.4, -0.2) is 88.7 Å². The molecule has 0 aromatic heterocycles. The Bertz CT molecular complexity index is 1440. The maximum atomic E-state index is 13.5. The van der Waals surface area contributed by atoms with Crippen LogP contribution in [0.15, 0.2) is 24.0 Å². The SMILES string of the molecule is Cc1ccc2c3c1O[C@H]1C(OC(=O)[C@H](C)NC(=O)[C@H](CC(=O)OC(C)(C)C)OC(=O)OC(C)(C)C)=CC[C@@]4(O)[C@@H](C2)N(C)CC[C@]314. The van der Waals surface area contributed by atoms with Crippen LogP contribution in [0.3, 0.4) is 0 Å². The standard InChI is InChI=1S/C34H46N2O10/c1-18-10-11-20-16-23-34(41)13-12-21(27-33(34,14-15-36(23)9)25(20)26(18)44-27)42-29(39)19(2)35-28(38)22(17-24(37)45-31(3,4)5)43-30(40)46-32(6,7)8/h10-12,19,22-23,27,41H,13-17H2,1-9H3,(H,35,38)/t19-,22-,23+,27-,33-,34+/m0/s1. The number of hydrogen-bond donors (Lipinski definition) is 2. The van der Waals surface area contributed by atoms with E-state index in [1.54, 1.807) is 47.6 Å². The number of nitrogens with zero attached hydrogens (tertiary/aromatic N) is 1. The molecule has 1 amide bonds. The molecule has 2 aliphatic heterocycles. The maximum absolute atomic E-state index is 13.5. The molecule has 1 fully saturated rings. The Morgan fingerprint density at radius 1 is 1.11 bits per heavy atom. The van der Waals surface area contributed by atoms with Crippen LogP contribution in [0.25, 0.3) is 0 Å². The van der Waals surface area contributed by atoms with Crippen LogP contribution in [0, 0.1) is 6.92 Å². The summed E-state index contributed by atoms with van der Waals surface area (Å²) in [6.45, 7) is 14.0. The summed E-state index contributed by atoms with van der Waals surface area (Å²) >= 11 is 0. The first kappa shape index (κ1) is 33.7. The molecule has 1 saturated heterocycles. The first-order valence-corrected chi connectivity index (χ1v) is 15.8. The number of amides is 1. The lowest BCUT2D eigenvalue weighted by atomic mass is 9.50. The van der Waals surface area contributed by atoms with Gasteiger partial charge in [-0.3, -0.25) is 9.59 Å². The smallest absolute Gasteiger partial charge is 0.481 e. The number of piperidine rings is 1. The second-order valence-electron chi connectivity index (χ2n) is 14.9. The van der Waals surface area contributed by atoms with Gasteiger partial charge >= 0.3 is 18.1 Å². The minimum Gasteiger partial charge on any atom is -0.481 e. The molecule has 2 bridgehead atoms. The highest BCUT2D eigenvalue weighted by atomic mass is 16.7. The van der Waals surface area contributed by atoms with Crippen molar-refractivity contribution < 1.29 is 48.0 Å². The summed E-state index contributed by atoms with van der Waals surface area (Å²) in [6, 6.07) is 2.78. The third kappa shape index (κ3) is 5.97. The number of hydrogen-bond acceptors (Lipinski definition) is 11. The van der Waals surface area contributed by atoms with Crippen molar-refractivity contribution in [3.63, 3.8) is 0 Å². The molecule has 12 heteroatoms. The maximum Gasteiger partial charge on any atom is 0.509 e. The normalized spacial score (nSPS) is 27.7. The molecule has 5 rings (SSSR count). The third-order valence-electron chi connectivity index (χ3n) is 9.19. The Morgan fingerprint density at radius 3 is 2.43 bits per heavy atom. The molecule has 4 aliphatic rings. The molecule has 1 aromatic carbocycles. The highest BCUT2D eigenvalue weighted by Crippen LogP contribution is 2.64. The second-order valence-corrected chi connectivity index (χ2v) is 14.9. The third-order valence-corrected chi connectivity index (χ3v) is 9.19. The van der Waals surface area contributed by atoms with Crippen molar-refractivity contribution in [1.82, 2.24) is 10.2 Å². The zero-order chi connectivity index (χ0) is 34.0. The molecule has 252 valence electrons. The van der Waals surface area contributed by atoms with E-state index in [1.165, 1.54) is 6.92 Å². The fourth-order valence-electron chi connectivity index (χ4n) is 7.27. The fraction of sp³-hybridized carbons (Fsp3) is 0.647. The topological polar surface area (TPSA) is 150 Å². The number of likely N-dealkylation sites (tertiary alicyclic amines) is 1. The lowest BCUT2D eigenvalue weighted by Crippen LogP contribution is -2.74. The van der Waals surface area contributed by atoms with E-state index in [1.807, 2.05) is 20.0 Å². The van der Waals surface area contributed by atoms with Gasteiger partial charge in [-0.25, -0.2) is 9.59 Å². The number of ether oxygens (including phenoxy) is 5. The second kappa shape index (κ2) is 11.6. The molecule has 2 heterocycles. The predicted octanol–water partition coefficient (Wildman–Crippen LogP) is 3.37. The first-order valence-electron chi connectivity index (χ1n) is 15.8. The molecule has 2 aliphatic carbocycles. The van der Waals surface area contributed by atoms with Crippen LogP contribution < -0.4 is 10.1 Å². The van der Waals surface area contributed by atoms with Gasteiger partial charge in [0.2, 0.25) is 0 Å². The minimum absolute atomic E-state index is 0.132. The minimum atomic E-state index is -1.63. The molecule has 1 spiro atoms. The predicted molar refractivity (Wildman–Crippen MR) is 165 cm³/mol. The van der Waals surface area contributed by atoms with Gasteiger partial charge in [-0.2, -0.15) is 0 Å². The van der Waals surface area contributed by atoms with E-state index in [0.717, 1.165) is 29.0 Å². The zero-order valence-electron chi connectivity index (χ0n) is 28.1. The summed E-state index contributed by atoms with van der Waals surface area (Å²) in [5.74, 6) is -1.47. The van der Waals surface area contributed by atoms with Crippen molar-refractivity contribution >= 4 is 24.0 Å². The summed E-state index contributed by atoms with van der Waals surface area (Å²) in [5.41, 5.74) is -0.609. The Kier molecular flexibility index (Phi) is 8.47. The van der Waals surface area contributed by atoms with Gasteiger partial charge in [0.1, 0.15) is 28.8 Å². The lowest BCUT2D eigenvalue weighted by molar-refractivity contribution is -0.170. The van der Waals surface area contributed by atoms with E-state index >= 15 is 0 Å². The molecular formula is C34H46N2O10. The van der Waals surface area contributed by atoms with Gasteiger partial charge in [-0.15, -0.1) is 0 Å². The number of benzene rings is 1. The summed E-state index contributed by atoms with van der Waals surface area (Å²) in [7, 11) is 2.02. The Balaban J connectivity index is 1.33. The van der Waals surface area contributed by atoms with E-state index in [9.17, 15) is 24.3 Å². The van der Waals surface area contributed by atoms with Crippen molar-refractivity contribution in [3.05, 3.63) is 40.7 Å². The summed E-state index contributed by atoms with van der Waals surface area (Å²) < 4.78 is 28.2. The van der Waals surface area contributed by atoms with Crippen LogP contribution in [0.2, 0.25) is 0 Å². The van der Waals surface area contributed by atoms with Crippen LogP contribution in [0.1, 0.15) is 84.4 Å². The largest absolute Gasteiger partial charge is 0.509 e. The summed E-state index contributed by atoms with van der Waals surface area (Å²) in [6.07, 6.45) is -0.834. The quantitative estimate of drug-likeness (QED) is 0.333. The van der Waals surface area contributed by atoms with Crippen LogP contribution in [0.5, 0.6) is 5.75 Å². The van der Waals surface area contributed by atoms with E-state index < -0.39 is 70.9 Å². The fourth-order valence-corrected chi connectivity index (χ4v) is 7.27. The molecule has 1 aromatic rings.